The van der Waals surface area contributed by atoms with E-state index in [4.69, 9.17) is 0 Å². The molecule has 0 aliphatic rings. The Morgan fingerprint density at radius 1 is 0.333 bits per heavy atom. The van der Waals surface area contributed by atoms with E-state index in [2.05, 4.69) is 210 Å². The molecule has 0 heterocycles. The van der Waals surface area contributed by atoms with Gasteiger partial charge in [0.1, 0.15) is 0 Å². The van der Waals surface area contributed by atoms with Crippen molar-refractivity contribution in [2.75, 3.05) is 0 Å². The van der Waals surface area contributed by atoms with Gasteiger partial charge in [-0.3, -0.25) is 0 Å². The molecule has 0 amide bonds. The third-order valence-electron chi connectivity index (χ3n) is 10.7. The number of hydrogen-bond donors (Lipinski definition) is 0. The molecule has 3 heteroatoms. The molecule has 57 heavy (non-hydrogen) atoms. The molecule has 0 atom stereocenters. The van der Waals surface area contributed by atoms with Crippen LogP contribution in [0.2, 0.25) is 0 Å². The maximum absolute atomic E-state index is 2.54. The predicted octanol–water partition coefficient (Wildman–Crippen LogP) is 16.2. The van der Waals surface area contributed by atoms with Crippen LogP contribution in [0.3, 0.4) is 0 Å². The van der Waals surface area contributed by atoms with E-state index in [0.717, 1.165) is 0 Å². The van der Waals surface area contributed by atoms with Gasteiger partial charge in [0, 0.05) is 31.6 Å². The average molecular weight is 892 g/mol. The second-order valence-corrected chi connectivity index (χ2v) is 24.0. The molecule has 0 aliphatic carbocycles. The van der Waals surface area contributed by atoms with E-state index in [1.807, 2.05) is 0 Å². The van der Waals surface area contributed by atoms with E-state index in [-0.39, 0.29) is 67.8 Å². The maximum Gasteiger partial charge on any atom is 2.00 e. The van der Waals surface area contributed by atoms with E-state index in [9.17, 15) is 0 Å². The molecule has 0 N–H and O–H groups in total. The van der Waals surface area contributed by atoms with E-state index in [1.165, 1.54) is 92.5 Å². The first-order valence-corrected chi connectivity index (χ1v) is 21.8. The SMILES string of the molecule is CC(C)(C)c1cc(C(C)(C)C)c(P=c2c(-c3ccccc3)c(-c3ccccc3)c2=Pc2c(C(C)(C)C)cc(C(C)(C)C)cc2C(C)(C)C)c(C(C)(C)C)c1.[CH3-].[CH3-].[Pd+2]. The van der Waals surface area contributed by atoms with Crippen LogP contribution in [0.4, 0.5) is 0 Å². The standard InChI is InChI=1S/C52H68P2.2CH3.Pd/c1-47(2,3)35-29-37(49(7,8)9)43(38(30-35)50(10,11)12)53-45-41(33-25-21-19-22-26-33)42(34-27-23-20-24-28-34)46(45)54-44-39(51(13,14)15)31-36(48(4,5)6)32-40(44)52(16,17)18;;;/h19-32H,1-18H3;2*1H3;/q;2*-1;+2. The van der Waals surface area contributed by atoms with Gasteiger partial charge in [-0.1, -0.05) is 226 Å². The largest absolute Gasteiger partial charge is 2.00 e. The summed E-state index contributed by atoms with van der Waals surface area (Å²) in [6.07, 6.45) is 0. The molecule has 0 aliphatic heterocycles. The van der Waals surface area contributed by atoms with Crippen LogP contribution in [0.1, 0.15) is 158 Å². The molecule has 0 spiro atoms. The van der Waals surface area contributed by atoms with Crippen molar-refractivity contribution in [3.63, 3.8) is 0 Å². The minimum atomic E-state index is -0.0216. The maximum atomic E-state index is 2.54. The Morgan fingerprint density at radius 3 is 0.754 bits per heavy atom. The zero-order chi connectivity index (χ0) is 40.4. The van der Waals surface area contributed by atoms with Crippen molar-refractivity contribution in [3.05, 3.63) is 143 Å². The van der Waals surface area contributed by atoms with Crippen LogP contribution >= 0.6 is 16.4 Å². The molecular formula is C54H74P2Pd. The molecule has 310 valence electrons. The molecule has 5 aromatic carbocycles. The Labute approximate surface area is 367 Å². The van der Waals surface area contributed by atoms with Gasteiger partial charge in [-0.25, -0.2) is 0 Å². The van der Waals surface area contributed by atoms with Gasteiger partial charge in [0.05, 0.1) is 0 Å². The zero-order valence-corrected chi connectivity index (χ0v) is 42.6. The van der Waals surface area contributed by atoms with Crippen molar-refractivity contribution in [2.45, 2.75) is 157 Å². The van der Waals surface area contributed by atoms with Crippen molar-refractivity contribution in [3.8, 4) is 22.3 Å². The molecule has 0 nitrogen and oxygen atoms in total. The van der Waals surface area contributed by atoms with Crippen molar-refractivity contribution >= 4 is 27.0 Å². The number of rotatable bonds is 4. The summed E-state index contributed by atoms with van der Waals surface area (Å²) in [4.78, 5) is 2.92. The van der Waals surface area contributed by atoms with E-state index in [1.54, 1.807) is 0 Å². The van der Waals surface area contributed by atoms with Gasteiger partial charge >= 0.3 is 20.4 Å². The fraction of sp³-hybridized carbons (Fsp3) is 0.444. The summed E-state index contributed by atoms with van der Waals surface area (Å²) in [5.74, 6) is 0. The summed E-state index contributed by atoms with van der Waals surface area (Å²) < 4.78 is 0. The summed E-state index contributed by atoms with van der Waals surface area (Å²) in [6, 6.07) is 32.5. The topological polar surface area (TPSA) is 0 Å². The van der Waals surface area contributed by atoms with E-state index < -0.39 is 0 Å². The molecule has 0 bridgehead atoms. The smallest absolute Gasteiger partial charge is 0.358 e. The fourth-order valence-electron chi connectivity index (χ4n) is 7.29. The van der Waals surface area contributed by atoms with Crippen LogP contribution in [0.5, 0.6) is 0 Å². The minimum absolute atomic E-state index is 0. The third kappa shape index (κ3) is 11.1. The van der Waals surface area contributed by atoms with E-state index in [0.29, 0.717) is 0 Å². The van der Waals surface area contributed by atoms with Gasteiger partial charge in [-0.15, -0.1) is 0 Å². The second kappa shape index (κ2) is 17.7. The normalized spacial score (nSPS) is 13.6. The van der Waals surface area contributed by atoms with Gasteiger partial charge in [-0.2, -0.15) is 0 Å². The average Bonchev–Trinajstić information content (AvgIpc) is 3.02. The Bertz CT molecular complexity index is 2000. The number of benzene rings is 4. The molecular weight excluding hydrogens is 817 g/mol. The fourth-order valence-corrected chi connectivity index (χ4v) is 11.3. The summed E-state index contributed by atoms with van der Waals surface area (Å²) in [5.41, 5.74) is 14.1. The molecule has 5 aromatic rings. The molecule has 0 radical (unpaired) electrons. The van der Waals surface area contributed by atoms with Crippen molar-refractivity contribution in [1.82, 2.24) is 0 Å². The van der Waals surface area contributed by atoms with Crippen LogP contribution in [-0.2, 0) is 52.9 Å². The van der Waals surface area contributed by atoms with Crippen LogP contribution in [0, 0.1) is 24.7 Å². The first-order chi connectivity index (χ1) is 24.6. The zero-order valence-electron chi connectivity index (χ0n) is 39.3. The quantitative estimate of drug-likeness (QED) is 0.0958. The molecule has 0 saturated carbocycles. The Balaban J connectivity index is 0.00000374. The first-order valence-electron chi connectivity index (χ1n) is 20.0. The Kier molecular flexibility index (Phi) is 15.8. The van der Waals surface area contributed by atoms with Crippen LogP contribution in [-0.4, -0.2) is 0 Å². The molecule has 0 unspecified atom stereocenters. The van der Waals surface area contributed by atoms with Gasteiger partial charge in [-0.05, 0) is 77.0 Å². The van der Waals surface area contributed by atoms with Gasteiger partial charge in [0.2, 0.25) is 0 Å². The first kappa shape index (κ1) is 50.8. The van der Waals surface area contributed by atoms with Gasteiger partial charge < -0.3 is 14.9 Å². The van der Waals surface area contributed by atoms with Gasteiger partial charge in [0.15, 0.2) is 0 Å². The third-order valence-corrected chi connectivity index (χ3v) is 13.6. The summed E-state index contributed by atoms with van der Waals surface area (Å²) in [5, 5.41) is 2.95. The van der Waals surface area contributed by atoms with Gasteiger partial charge in [0.25, 0.3) is 0 Å². The van der Waals surface area contributed by atoms with Crippen molar-refractivity contribution < 1.29 is 20.4 Å². The summed E-state index contributed by atoms with van der Waals surface area (Å²) >= 11 is 0. The second-order valence-electron chi connectivity index (χ2n) is 21.7. The predicted molar refractivity (Wildman–Crippen MR) is 257 cm³/mol. The minimum Gasteiger partial charge on any atom is -0.358 e. The van der Waals surface area contributed by atoms with Crippen molar-refractivity contribution in [1.29, 1.82) is 0 Å². The Morgan fingerprint density at radius 2 is 0.561 bits per heavy atom. The summed E-state index contributed by atoms with van der Waals surface area (Å²) in [6.45, 7) is 43.0. The molecule has 0 saturated heterocycles. The van der Waals surface area contributed by atoms with Crippen molar-refractivity contribution in [2.24, 2.45) is 0 Å². The number of hydrogen-bond acceptors (Lipinski definition) is 0. The van der Waals surface area contributed by atoms with Crippen LogP contribution in [0.15, 0.2) is 84.9 Å². The van der Waals surface area contributed by atoms with Crippen LogP contribution < -0.4 is 10.6 Å². The van der Waals surface area contributed by atoms with E-state index >= 15 is 0 Å². The molecule has 0 aromatic heterocycles. The van der Waals surface area contributed by atoms with Crippen LogP contribution in [0.25, 0.3) is 22.3 Å². The summed E-state index contributed by atoms with van der Waals surface area (Å²) in [7, 11) is 2.56. The molecule has 0 fully saturated rings. The monoisotopic (exact) mass is 890 g/mol. The Hall–Kier alpha value is -2.38. The molecule has 5 rings (SSSR count).